The van der Waals surface area contributed by atoms with Crippen LogP contribution in [0.1, 0.15) is 50.7 Å². The molecule has 0 spiro atoms. The monoisotopic (exact) mass is 274 g/mol. The lowest BCUT2D eigenvalue weighted by Crippen LogP contribution is -2.25. The maximum Gasteiger partial charge on any atom is 0.0236 e. The third kappa shape index (κ3) is 4.60. The Morgan fingerprint density at radius 2 is 1.70 bits per heavy atom. The number of nitrogens with zero attached hydrogens (tertiary/aromatic N) is 1. The minimum Gasteiger partial charge on any atom is -0.312 e. The smallest absolute Gasteiger partial charge is 0.0236 e. The fourth-order valence-electron chi connectivity index (χ4n) is 3.20. The van der Waals surface area contributed by atoms with Gasteiger partial charge in [0.05, 0.1) is 0 Å². The second kappa shape index (κ2) is 8.43. The minimum atomic E-state index is 0.921. The van der Waals surface area contributed by atoms with Crippen molar-refractivity contribution in [1.29, 1.82) is 0 Å². The molecular weight excluding hydrogens is 244 g/mol. The summed E-state index contributed by atoms with van der Waals surface area (Å²) in [7, 11) is 0. The van der Waals surface area contributed by atoms with Crippen molar-refractivity contribution < 1.29 is 0 Å². The molecule has 112 valence electrons. The topological polar surface area (TPSA) is 15.3 Å². The molecule has 1 aromatic carbocycles. The summed E-state index contributed by atoms with van der Waals surface area (Å²) >= 11 is 0. The summed E-state index contributed by atoms with van der Waals surface area (Å²) in [6.07, 6.45) is 5.72. The molecule has 0 bridgehead atoms. The molecule has 0 amide bonds. The van der Waals surface area contributed by atoms with Crippen LogP contribution in [0.4, 0.5) is 0 Å². The molecule has 1 aliphatic carbocycles. The predicted octanol–water partition coefficient (Wildman–Crippen LogP) is 3.81. The fourth-order valence-corrected chi connectivity index (χ4v) is 3.20. The van der Waals surface area contributed by atoms with Crippen LogP contribution in [0, 0.1) is 5.92 Å². The molecule has 0 saturated heterocycles. The van der Waals surface area contributed by atoms with Gasteiger partial charge in [-0.2, -0.15) is 0 Å². The number of rotatable bonds is 8. The molecule has 1 aromatic rings. The molecular formula is C18H30N2. The highest BCUT2D eigenvalue weighted by atomic mass is 15.1. The molecule has 0 heterocycles. The normalized spacial score (nSPS) is 16.1. The Morgan fingerprint density at radius 3 is 2.35 bits per heavy atom. The minimum absolute atomic E-state index is 0.921. The number of benzene rings is 1. The SMILES string of the molecule is CCN(CC)Cc1ccccc1CNCC1CCCC1. The van der Waals surface area contributed by atoms with Gasteiger partial charge in [0.1, 0.15) is 0 Å². The molecule has 0 atom stereocenters. The Kier molecular flexibility index (Phi) is 6.55. The van der Waals surface area contributed by atoms with Crippen molar-refractivity contribution in [2.24, 2.45) is 5.92 Å². The lowest BCUT2D eigenvalue weighted by atomic mass is 10.1. The van der Waals surface area contributed by atoms with Gasteiger partial charge in [0, 0.05) is 13.1 Å². The van der Waals surface area contributed by atoms with Crippen LogP contribution in [0.2, 0.25) is 0 Å². The van der Waals surface area contributed by atoms with Crippen molar-refractivity contribution in [3.63, 3.8) is 0 Å². The van der Waals surface area contributed by atoms with Gasteiger partial charge < -0.3 is 5.32 Å². The lowest BCUT2D eigenvalue weighted by molar-refractivity contribution is 0.294. The van der Waals surface area contributed by atoms with Crippen LogP contribution >= 0.6 is 0 Å². The molecule has 0 radical (unpaired) electrons. The zero-order chi connectivity index (χ0) is 14.2. The molecule has 0 unspecified atom stereocenters. The highest BCUT2D eigenvalue weighted by Crippen LogP contribution is 2.23. The van der Waals surface area contributed by atoms with Gasteiger partial charge in [-0.3, -0.25) is 4.90 Å². The van der Waals surface area contributed by atoms with Crippen molar-refractivity contribution in [3.05, 3.63) is 35.4 Å². The van der Waals surface area contributed by atoms with Crippen LogP contribution in [0.3, 0.4) is 0 Å². The van der Waals surface area contributed by atoms with Gasteiger partial charge in [-0.05, 0) is 49.5 Å². The van der Waals surface area contributed by atoms with Crippen LogP contribution in [0.15, 0.2) is 24.3 Å². The lowest BCUT2D eigenvalue weighted by Gasteiger charge is -2.20. The third-order valence-corrected chi connectivity index (χ3v) is 4.63. The van der Waals surface area contributed by atoms with Gasteiger partial charge >= 0.3 is 0 Å². The molecule has 0 aliphatic heterocycles. The van der Waals surface area contributed by atoms with Crippen LogP contribution < -0.4 is 5.32 Å². The Bertz CT molecular complexity index is 379. The number of hydrogen-bond donors (Lipinski definition) is 1. The maximum absolute atomic E-state index is 3.67. The molecule has 1 fully saturated rings. The zero-order valence-electron chi connectivity index (χ0n) is 13.2. The van der Waals surface area contributed by atoms with E-state index in [-0.39, 0.29) is 0 Å². The first-order chi connectivity index (χ1) is 9.83. The summed E-state index contributed by atoms with van der Waals surface area (Å²) in [6.45, 7) is 10.0. The summed E-state index contributed by atoms with van der Waals surface area (Å²) < 4.78 is 0. The van der Waals surface area contributed by atoms with Crippen molar-refractivity contribution in [1.82, 2.24) is 10.2 Å². The first kappa shape index (κ1) is 15.5. The van der Waals surface area contributed by atoms with Gasteiger partial charge in [0.2, 0.25) is 0 Å². The average molecular weight is 274 g/mol. The fraction of sp³-hybridized carbons (Fsp3) is 0.667. The molecule has 2 heteroatoms. The largest absolute Gasteiger partial charge is 0.312 e. The molecule has 1 N–H and O–H groups in total. The van der Waals surface area contributed by atoms with Gasteiger partial charge in [-0.25, -0.2) is 0 Å². The second-order valence-electron chi connectivity index (χ2n) is 6.01. The summed E-state index contributed by atoms with van der Waals surface area (Å²) in [4.78, 5) is 2.48. The summed E-state index contributed by atoms with van der Waals surface area (Å²) in [5.41, 5.74) is 2.95. The number of hydrogen-bond acceptors (Lipinski definition) is 2. The van der Waals surface area contributed by atoms with Crippen LogP contribution in [0.25, 0.3) is 0 Å². The number of nitrogens with one attached hydrogen (secondary N) is 1. The van der Waals surface area contributed by atoms with E-state index in [1.54, 1.807) is 0 Å². The maximum atomic E-state index is 3.67. The zero-order valence-corrected chi connectivity index (χ0v) is 13.2. The van der Waals surface area contributed by atoms with E-state index in [4.69, 9.17) is 0 Å². The first-order valence-electron chi connectivity index (χ1n) is 8.33. The summed E-state index contributed by atoms with van der Waals surface area (Å²) in [6, 6.07) is 8.89. The van der Waals surface area contributed by atoms with E-state index in [0.29, 0.717) is 0 Å². The average Bonchev–Trinajstić information content (AvgIpc) is 2.99. The van der Waals surface area contributed by atoms with Gasteiger partial charge in [0.25, 0.3) is 0 Å². The van der Waals surface area contributed by atoms with Gasteiger partial charge in [0.15, 0.2) is 0 Å². The van der Waals surface area contributed by atoms with E-state index < -0.39 is 0 Å². The van der Waals surface area contributed by atoms with E-state index in [1.165, 1.54) is 43.4 Å². The quantitative estimate of drug-likeness (QED) is 0.775. The van der Waals surface area contributed by atoms with E-state index in [0.717, 1.165) is 32.1 Å². The van der Waals surface area contributed by atoms with Gasteiger partial charge in [-0.15, -0.1) is 0 Å². The third-order valence-electron chi connectivity index (χ3n) is 4.63. The highest BCUT2D eigenvalue weighted by molar-refractivity contribution is 5.27. The predicted molar refractivity (Wildman–Crippen MR) is 86.7 cm³/mol. The van der Waals surface area contributed by atoms with E-state index >= 15 is 0 Å². The molecule has 20 heavy (non-hydrogen) atoms. The molecule has 2 rings (SSSR count). The Morgan fingerprint density at radius 1 is 1.05 bits per heavy atom. The van der Waals surface area contributed by atoms with Crippen LogP contribution in [-0.2, 0) is 13.1 Å². The van der Waals surface area contributed by atoms with Crippen molar-refractivity contribution in [2.45, 2.75) is 52.6 Å². The van der Waals surface area contributed by atoms with E-state index in [9.17, 15) is 0 Å². The van der Waals surface area contributed by atoms with Crippen molar-refractivity contribution >= 4 is 0 Å². The molecule has 1 saturated carbocycles. The van der Waals surface area contributed by atoms with E-state index in [2.05, 4.69) is 48.3 Å². The van der Waals surface area contributed by atoms with Crippen molar-refractivity contribution in [3.8, 4) is 0 Å². The Balaban J connectivity index is 1.86. The first-order valence-corrected chi connectivity index (χ1v) is 8.33. The molecule has 2 nitrogen and oxygen atoms in total. The van der Waals surface area contributed by atoms with Crippen LogP contribution in [0.5, 0.6) is 0 Å². The Labute approximate surface area is 124 Å². The van der Waals surface area contributed by atoms with Crippen LogP contribution in [-0.4, -0.2) is 24.5 Å². The molecule has 0 aromatic heterocycles. The Hall–Kier alpha value is -0.860. The molecule has 1 aliphatic rings. The summed E-state index contributed by atoms with van der Waals surface area (Å²) in [5, 5.41) is 3.67. The summed E-state index contributed by atoms with van der Waals surface area (Å²) in [5.74, 6) is 0.921. The van der Waals surface area contributed by atoms with Gasteiger partial charge in [-0.1, -0.05) is 51.0 Å². The standard InChI is InChI=1S/C18H30N2/c1-3-20(4-2)15-18-12-8-7-11-17(18)14-19-13-16-9-5-6-10-16/h7-8,11-12,16,19H,3-6,9-10,13-15H2,1-2H3. The highest BCUT2D eigenvalue weighted by Gasteiger charge is 2.14. The van der Waals surface area contributed by atoms with Crippen molar-refractivity contribution in [2.75, 3.05) is 19.6 Å². The second-order valence-corrected chi connectivity index (χ2v) is 6.01. The van der Waals surface area contributed by atoms with E-state index in [1.807, 2.05) is 0 Å².